The number of anilines is 2. The highest BCUT2D eigenvalue weighted by atomic mass is 19.1. The molecule has 0 bridgehead atoms. The van der Waals surface area contributed by atoms with Gasteiger partial charge in [0.05, 0.1) is 26.0 Å². The van der Waals surface area contributed by atoms with Crippen LogP contribution in [0, 0.1) is 5.82 Å². The van der Waals surface area contributed by atoms with E-state index in [0.717, 1.165) is 12.3 Å². The third-order valence-electron chi connectivity index (χ3n) is 2.77. The van der Waals surface area contributed by atoms with Crippen molar-refractivity contribution in [3.8, 4) is 11.5 Å². The maximum absolute atomic E-state index is 13.1. The first-order valence-corrected chi connectivity index (χ1v) is 5.99. The number of aromatic nitrogens is 1. The van der Waals surface area contributed by atoms with Crippen LogP contribution in [0.5, 0.6) is 11.5 Å². The van der Waals surface area contributed by atoms with E-state index in [2.05, 4.69) is 10.3 Å². The lowest BCUT2D eigenvalue weighted by Crippen LogP contribution is -2.15. The van der Waals surface area contributed by atoms with Gasteiger partial charge in [-0.1, -0.05) is 0 Å². The van der Waals surface area contributed by atoms with Gasteiger partial charge < -0.3 is 20.5 Å². The number of pyridine rings is 1. The summed E-state index contributed by atoms with van der Waals surface area (Å²) in [5.41, 5.74) is 5.98. The normalized spacial score (nSPS) is 10.0. The number of nitrogens with zero attached hydrogens (tertiary/aromatic N) is 1. The number of benzene rings is 1. The quantitative estimate of drug-likeness (QED) is 0.900. The molecule has 0 fully saturated rings. The molecule has 0 radical (unpaired) electrons. The molecule has 0 saturated heterocycles. The first kappa shape index (κ1) is 14.6. The third-order valence-corrected chi connectivity index (χ3v) is 2.77. The van der Waals surface area contributed by atoms with Crippen LogP contribution >= 0.6 is 0 Å². The molecule has 0 aliphatic heterocycles. The van der Waals surface area contributed by atoms with Crippen LogP contribution in [0.25, 0.3) is 0 Å². The van der Waals surface area contributed by atoms with E-state index in [4.69, 9.17) is 15.2 Å². The zero-order valence-electron chi connectivity index (χ0n) is 11.5. The van der Waals surface area contributed by atoms with Gasteiger partial charge in [0.1, 0.15) is 11.6 Å². The van der Waals surface area contributed by atoms with Crippen LogP contribution in [0.4, 0.5) is 15.9 Å². The smallest absolute Gasteiger partial charge is 0.259 e. The van der Waals surface area contributed by atoms with Gasteiger partial charge in [-0.05, 0) is 18.2 Å². The van der Waals surface area contributed by atoms with Crippen LogP contribution < -0.4 is 20.5 Å². The van der Waals surface area contributed by atoms with Crippen molar-refractivity contribution in [2.45, 2.75) is 0 Å². The molecule has 6 nitrogen and oxygen atoms in total. The maximum atomic E-state index is 13.1. The number of nitrogen functional groups attached to an aromatic ring is 1. The number of halogens is 1. The predicted octanol–water partition coefficient (Wildman–Crippen LogP) is 2.07. The van der Waals surface area contributed by atoms with Crippen LogP contribution in [0.15, 0.2) is 30.5 Å². The lowest BCUT2D eigenvalue weighted by atomic mass is 10.2. The van der Waals surface area contributed by atoms with Gasteiger partial charge >= 0.3 is 0 Å². The van der Waals surface area contributed by atoms with Crippen LogP contribution in [-0.4, -0.2) is 25.1 Å². The summed E-state index contributed by atoms with van der Waals surface area (Å²) in [6.45, 7) is 0. The zero-order chi connectivity index (χ0) is 15.4. The summed E-state index contributed by atoms with van der Waals surface area (Å²) in [7, 11) is 2.99. The molecule has 0 aliphatic carbocycles. The Labute approximate surface area is 120 Å². The highest BCUT2D eigenvalue weighted by Crippen LogP contribution is 2.30. The second kappa shape index (κ2) is 6.08. The Balaban J connectivity index is 2.25. The third kappa shape index (κ3) is 3.19. The van der Waals surface area contributed by atoms with E-state index in [1.54, 1.807) is 18.2 Å². The van der Waals surface area contributed by atoms with Gasteiger partial charge in [-0.25, -0.2) is 9.37 Å². The molecule has 1 heterocycles. The molecule has 0 aliphatic rings. The summed E-state index contributed by atoms with van der Waals surface area (Å²) in [5.74, 6) is -0.258. The average molecular weight is 291 g/mol. The van der Waals surface area contributed by atoms with E-state index >= 15 is 0 Å². The fraction of sp³-hybridized carbons (Fsp3) is 0.143. The van der Waals surface area contributed by atoms with Gasteiger partial charge in [0.15, 0.2) is 11.5 Å². The first-order chi connectivity index (χ1) is 10.0. The van der Waals surface area contributed by atoms with Crippen molar-refractivity contribution in [1.82, 2.24) is 4.98 Å². The monoisotopic (exact) mass is 291 g/mol. The Kier molecular flexibility index (Phi) is 4.22. The lowest BCUT2D eigenvalue weighted by Gasteiger charge is -2.11. The minimum atomic E-state index is -0.637. The number of hydrogen-bond donors (Lipinski definition) is 2. The number of nitrogens with two attached hydrogens (primary N) is 1. The molecule has 0 unspecified atom stereocenters. The van der Waals surface area contributed by atoms with E-state index < -0.39 is 11.7 Å². The van der Waals surface area contributed by atoms with Crippen molar-refractivity contribution in [2.24, 2.45) is 0 Å². The van der Waals surface area contributed by atoms with E-state index in [9.17, 15) is 9.18 Å². The Morgan fingerprint density at radius 2 is 1.95 bits per heavy atom. The van der Waals surface area contributed by atoms with Crippen LogP contribution in [-0.2, 0) is 0 Å². The van der Waals surface area contributed by atoms with Gasteiger partial charge in [-0.15, -0.1) is 0 Å². The number of carbonyl (C=O) groups excluding carboxylic acids is 1. The minimum Gasteiger partial charge on any atom is -0.493 e. The van der Waals surface area contributed by atoms with Crippen LogP contribution in [0.1, 0.15) is 10.4 Å². The lowest BCUT2D eigenvalue weighted by molar-refractivity contribution is 0.102. The van der Waals surface area contributed by atoms with Crippen molar-refractivity contribution < 1.29 is 18.7 Å². The molecule has 0 spiro atoms. The summed E-state index contributed by atoms with van der Waals surface area (Å²) < 4.78 is 23.4. The van der Waals surface area contributed by atoms with E-state index in [1.165, 1.54) is 14.2 Å². The molecule has 110 valence electrons. The Bertz CT molecular complexity index is 677. The SMILES string of the molecule is COc1ccc(NC(=O)c2cc(F)cnc2N)cc1OC. The van der Waals surface area contributed by atoms with E-state index in [1.807, 2.05) is 0 Å². The highest BCUT2D eigenvalue weighted by Gasteiger charge is 2.13. The molecule has 2 aromatic rings. The molecular formula is C14H14FN3O3. The van der Waals surface area contributed by atoms with Gasteiger partial charge in [-0.3, -0.25) is 4.79 Å². The van der Waals surface area contributed by atoms with Gasteiger partial charge in [0.25, 0.3) is 5.91 Å². The van der Waals surface area contributed by atoms with Gasteiger partial charge in [0, 0.05) is 11.8 Å². The average Bonchev–Trinajstić information content (AvgIpc) is 2.49. The fourth-order valence-corrected chi connectivity index (χ4v) is 1.74. The second-order valence-electron chi connectivity index (χ2n) is 4.11. The number of carbonyl (C=O) groups is 1. The van der Waals surface area contributed by atoms with Gasteiger partial charge in [0.2, 0.25) is 0 Å². The van der Waals surface area contributed by atoms with Crippen molar-refractivity contribution in [2.75, 3.05) is 25.3 Å². The molecule has 21 heavy (non-hydrogen) atoms. The summed E-state index contributed by atoms with van der Waals surface area (Å²) in [4.78, 5) is 15.7. The van der Waals surface area contributed by atoms with Gasteiger partial charge in [-0.2, -0.15) is 0 Å². The van der Waals surface area contributed by atoms with E-state index in [0.29, 0.717) is 17.2 Å². The number of nitrogens with one attached hydrogen (secondary N) is 1. The van der Waals surface area contributed by atoms with Crippen molar-refractivity contribution in [1.29, 1.82) is 0 Å². The largest absolute Gasteiger partial charge is 0.493 e. The molecule has 2 rings (SSSR count). The first-order valence-electron chi connectivity index (χ1n) is 5.99. The second-order valence-corrected chi connectivity index (χ2v) is 4.11. The Hall–Kier alpha value is -2.83. The number of methoxy groups -OCH3 is 2. The molecule has 7 heteroatoms. The maximum Gasteiger partial charge on any atom is 0.259 e. The summed E-state index contributed by atoms with van der Waals surface area (Å²) in [5, 5.41) is 2.59. The molecule has 0 saturated carbocycles. The molecule has 0 atom stereocenters. The molecule has 1 amide bonds. The van der Waals surface area contributed by atoms with Crippen LogP contribution in [0.3, 0.4) is 0 Å². The number of ether oxygens (including phenoxy) is 2. The van der Waals surface area contributed by atoms with E-state index in [-0.39, 0.29) is 11.4 Å². The Morgan fingerprint density at radius 3 is 2.62 bits per heavy atom. The molecule has 3 N–H and O–H groups in total. The van der Waals surface area contributed by atoms with Crippen molar-refractivity contribution in [3.63, 3.8) is 0 Å². The summed E-state index contributed by atoms with van der Waals surface area (Å²) >= 11 is 0. The topological polar surface area (TPSA) is 86.5 Å². The van der Waals surface area contributed by atoms with Crippen molar-refractivity contribution >= 4 is 17.4 Å². The standard InChI is InChI=1S/C14H14FN3O3/c1-20-11-4-3-9(6-12(11)21-2)18-14(19)10-5-8(15)7-17-13(10)16/h3-7H,1-2H3,(H2,16,17)(H,18,19). The highest BCUT2D eigenvalue weighted by molar-refractivity contribution is 6.07. The summed E-state index contributed by atoms with van der Waals surface area (Å²) in [6, 6.07) is 5.88. The van der Waals surface area contributed by atoms with Crippen molar-refractivity contribution in [3.05, 3.63) is 41.8 Å². The number of amides is 1. The zero-order valence-corrected chi connectivity index (χ0v) is 11.5. The van der Waals surface area contributed by atoms with Crippen LogP contribution in [0.2, 0.25) is 0 Å². The fourth-order valence-electron chi connectivity index (χ4n) is 1.74. The Morgan fingerprint density at radius 1 is 1.24 bits per heavy atom. The predicted molar refractivity (Wildman–Crippen MR) is 76.1 cm³/mol. The number of hydrogen-bond acceptors (Lipinski definition) is 5. The molecule has 1 aromatic heterocycles. The molecule has 1 aromatic carbocycles. The number of rotatable bonds is 4. The molecular weight excluding hydrogens is 277 g/mol. The minimum absolute atomic E-state index is 0.0372. The summed E-state index contributed by atoms with van der Waals surface area (Å²) in [6.07, 6.45) is 0.947.